The lowest BCUT2D eigenvalue weighted by Crippen LogP contribution is -1.89. The summed E-state index contributed by atoms with van der Waals surface area (Å²) >= 11 is 0. The molecule has 0 aromatic heterocycles. The number of rotatable bonds is 2. The highest BCUT2D eigenvalue weighted by molar-refractivity contribution is 5.87. The Labute approximate surface area is 73.1 Å². The maximum absolute atomic E-state index is 12.9. The van der Waals surface area contributed by atoms with Gasteiger partial charge in [-0.1, -0.05) is 0 Å². The van der Waals surface area contributed by atoms with Crippen molar-refractivity contribution >= 4 is 11.8 Å². The molecule has 0 amide bonds. The van der Waals surface area contributed by atoms with Crippen LogP contribution in [0.2, 0.25) is 0 Å². The summed E-state index contributed by atoms with van der Waals surface area (Å²) in [6, 6.07) is 4.46. The number of aliphatic carboxylic acids is 1. The SMILES string of the molecule is O=C(O)C=C(F)c1ccc(F)cc1. The predicted octanol–water partition coefficient (Wildman–Crippen LogP) is 2.22. The normalized spacial score (nSPS) is 11.4. The van der Waals surface area contributed by atoms with Crippen LogP contribution in [-0.2, 0) is 4.79 Å². The molecular formula is C9H6F2O2. The zero-order valence-electron chi connectivity index (χ0n) is 6.50. The minimum atomic E-state index is -1.37. The van der Waals surface area contributed by atoms with E-state index < -0.39 is 17.6 Å². The second-order valence-corrected chi connectivity index (χ2v) is 2.34. The lowest BCUT2D eigenvalue weighted by molar-refractivity contribution is -0.131. The molecule has 0 aliphatic rings. The van der Waals surface area contributed by atoms with Crippen LogP contribution in [0.15, 0.2) is 30.3 Å². The van der Waals surface area contributed by atoms with E-state index in [1.807, 2.05) is 0 Å². The first-order valence-electron chi connectivity index (χ1n) is 3.45. The smallest absolute Gasteiger partial charge is 0.331 e. The molecule has 0 radical (unpaired) electrons. The van der Waals surface area contributed by atoms with Gasteiger partial charge in [-0.15, -0.1) is 0 Å². The van der Waals surface area contributed by atoms with Crippen LogP contribution in [0.25, 0.3) is 5.83 Å². The third-order valence-corrected chi connectivity index (χ3v) is 1.37. The van der Waals surface area contributed by atoms with Crippen LogP contribution in [0, 0.1) is 5.82 Å². The highest BCUT2D eigenvalue weighted by Crippen LogP contribution is 2.15. The summed E-state index contributed by atoms with van der Waals surface area (Å²) in [6.45, 7) is 0. The molecule has 0 heterocycles. The lowest BCUT2D eigenvalue weighted by Gasteiger charge is -1.95. The van der Waals surface area contributed by atoms with E-state index in [-0.39, 0.29) is 5.56 Å². The highest BCUT2D eigenvalue weighted by Gasteiger charge is 2.02. The second-order valence-electron chi connectivity index (χ2n) is 2.34. The van der Waals surface area contributed by atoms with Gasteiger partial charge < -0.3 is 5.11 Å². The molecule has 0 spiro atoms. The molecule has 0 aliphatic heterocycles. The Kier molecular flexibility index (Phi) is 2.74. The van der Waals surface area contributed by atoms with Crippen molar-refractivity contribution in [2.75, 3.05) is 0 Å². The summed E-state index contributed by atoms with van der Waals surface area (Å²) in [5, 5.41) is 8.21. The zero-order chi connectivity index (χ0) is 9.84. The van der Waals surface area contributed by atoms with Crippen molar-refractivity contribution in [3.8, 4) is 0 Å². The highest BCUT2D eigenvalue weighted by atomic mass is 19.1. The van der Waals surface area contributed by atoms with Crippen LogP contribution in [0.5, 0.6) is 0 Å². The molecule has 1 rings (SSSR count). The molecule has 0 saturated carbocycles. The van der Waals surface area contributed by atoms with Crippen molar-refractivity contribution in [3.05, 3.63) is 41.7 Å². The van der Waals surface area contributed by atoms with E-state index >= 15 is 0 Å². The second kappa shape index (κ2) is 3.80. The molecule has 0 atom stereocenters. The average molecular weight is 184 g/mol. The van der Waals surface area contributed by atoms with Crippen LogP contribution in [-0.4, -0.2) is 11.1 Å². The van der Waals surface area contributed by atoms with E-state index in [1.165, 1.54) is 12.1 Å². The van der Waals surface area contributed by atoms with Gasteiger partial charge in [-0.3, -0.25) is 0 Å². The monoisotopic (exact) mass is 184 g/mol. The molecule has 0 unspecified atom stereocenters. The Bertz CT molecular complexity index is 341. The molecule has 1 aromatic carbocycles. The molecule has 0 bridgehead atoms. The fourth-order valence-electron chi connectivity index (χ4n) is 0.801. The van der Waals surface area contributed by atoms with Gasteiger partial charge in [0.2, 0.25) is 0 Å². The summed E-state index contributed by atoms with van der Waals surface area (Å²) < 4.78 is 25.2. The third kappa shape index (κ3) is 2.66. The minimum Gasteiger partial charge on any atom is -0.478 e. The molecule has 4 heteroatoms. The van der Waals surface area contributed by atoms with Crippen LogP contribution in [0.3, 0.4) is 0 Å². The molecule has 0 saturated heterocycles. The number of carboxylic acid groups (broad SMARTS) is 1. The molecule has 0 fully saturated rings. The molecule has 1 aromatic rings. The Morgan fingerprint density at radius 3 is 2.31 bits per heavy atom. The van der Waals surface area contributed by atoms with Crippen molar-refractivity contribution in [2.45, 2.75) is 0 Å². The quantitative estimate of drug-likeness (QED) is 0.715. The van der Waals surface area contributed by atoms with Gasteiger partial charge in [0.15, 0.2) is 0 Å². The van der Waals surface area contributed by atoms with E-state index in [0.29, 0.717) is 6.08 Å². The van der Waals surface area contributed by atoms with Crippen molar-refractivity contribution < 1.29 is 18.7 Å². The summed E-state index contributed by atoms with van der Waals surface area (Å²) in [6.07, 6.45) is 0.424. The first-order valence-corrected chi connectivity index (χ1v) is 3.45. The van der Waals surface area contributed by atoms with Crippen molar-refractivity contribution in [2.24, 2.45) is 0 Å². The number of halogens is 2. The van der Waals surface area contributed by atoms with E-state index in [9.17, 15) is 13.6 Å². The van der Waals surface area contributed by atoms with Crippen molar-refractivity contribution in [3.63, 3.8) is 0 Å². The Balaban J connectivity index is 2.96. The van der Waals surface area contributed by atoms with E-state index in [4.69, 9.17) is 5.11 Å². The predicted molar refractivity (Wildman–Crippen MR) is 43.1 cm³/mol. The first kappa shape index (κ1) is 9.38. The van der Waals surface area contributed by atoms with Gasteiger partial charge in [0.1, 0.15) is 11.6 Å². The fourth-order valence-corrected chi connectivity index (χ4v) is 0.801. The number of carboxylic acids is 1. The summed E-state index contributed by atoms with van der Waals surface area (Å²) in [5.74, 6) is -2.76. The Morgan fingerprint density at radius 1 is 1.31 bits per heavy atom. The number of carbonyl (C=O) groups is 1. The average Bonchev–Trinajstić information content (AvgIpc) is 2.04. The zero-order valence-corrected chi connectivity index (χ0v) is 6.50. The molecule has 13 heavy (non-hydrogen) atoms. The molecular weight excluding hydrogens is 178 g/mol. The van der Waals surface area contributed by atoms with Crippen LogP contribution >= 0.6 is 0 Å². The van der Waals surface area contributed by atoms with Crippen LogP contribution in [0.1, 0.15) is 5.56 Å². The van der Waals surface area contributed by atoms with E-state index in [2.05, 4.69) is 0 Å². The standard InChI is InChI=1S/C9H6F2O2/c10-7-3-1-6(2-4-7)8(11)5-9(12)13/h1-5H,(H,12,13). The minimum absolute atomic E-state index is 0.0452. The van der Waals surface area contributed by atoms with Gasteiger partial charge in [0.05, 0.1) is 6.08 Å². The third-order valence-electron chi connectivity index (χ3n) is 1.37. The molecule has 68 valence electrons. The lowest BCUT2D eigenvalue weighted by atomic mass is 10.2. The van der Waals surface area contributed by atoms with Gasteiger partial charge in [-0.2, -0.15) is 0 Å². The van der Waals surface area contributed by atoms with Crippen molar-refractivity contribution in [1.82, 2.24) is 0 Å². The van der Waals surface area contributed by atoms with Gasteiger partial charge in [0, 0.05) is 5.56 Å². The number of hydrogen-bond donors (Lipinski definition) is 1. The first-order chi connectivity index (χ1) is 6.09. The van der Waals surface area contributed by atoms with Gasteiger partial charge >= 0.3 is 5.97 Å². The van der Waals surface area contributed by atoms with E-state index in [0.717, 1.165) is 12.1 Å². The van der Waals surface area contributed by atoms with Crippen molar-refractivity contribution in [1.29, 1.82) is 0 Å². The van der Waals surface area contributed by atoms with Crippen LogP contribution in [0.4, 0.5) is 8.78 Å². The number of benzene rings is 1. The van der Waals surface area contributed by atoms with Gasteiger partial charge in [-0.25, -0.2) is 13.6 Å². The molecule has 2 nitrogen and oxygen atoms in total. The van der Waals surface area contributed by atoms with Crippen LogP contribution < -0.4 is 0 Å². The number of hydrogen-bond acceptors (Lipinski definition) is 1. The topological polar surface area (TPSA) is 37.3 Å². The summed E-state index contributed by atoms with van der Waals surface area (Å²) in [5.41, 5.74) is 0.0452. The van der Waals surface area contributed by atoms with Gasteiger partial charge in [-0.05, 0) is 24.3 Å². The molecule has 1 N–H and O–H groups in total. The molecule has 0 aliphatic carbocycles. The Hall–Kier alpha value is -1.71. The maximum Gasteiger partial charge on any atom is 0.331 e. The fraction of sp³-hybridized carbons (Fsp3) is 0. The van der Waals surface area contributed by atoms with E-state index in [1.54, 1.807) is 0 Å². The summed E-state index contributed by atoms with van der Waals surface area (Å²) in [4.78, 5) is 10.1. The maximum atomic E-state index is 12.9. The van der Waals surface area contributed by atoms with Gasteiger partial charge in [0.25, 0.3) is 0 Å². The summed E-state index contributed by atoms with van der Waals surface area (Å²) in [7, 11) is 0. The largest absolute Gasteiger partial charge is 0.478 e. The Morgan fingerprint density at radius 2 is 1.85 bits per heavy atom.